The van der Waals surface area contributed by atoms with E-state index in [1.807, 2.05) is 36.4 Å². The van der Waals surface area contributed by atoms with Crippen LogP contribution in [0.3, 0.4) is 0 Å². The fourth-order valence-electron chi connectivity index (χ4n) is 2.42. The molecule has 98 valence electrons. The highest BCUT2D eigenvalue weighted by Crippen LogP contribution is 2.37. The summed E-state index contributed by atoms with van der Waals surface area (Å²) in [5.74, 6) is 0.699. The van der Waals surface area contributed by atoms with Crippen molar-refractivity contribution >= 4 is 0 Å². The predicted octanol–water partition coefficient (Wildman–Crippen LogP) is 1.97. The van der Waals surface area contributed by atoms with E-state index in [0.29, 0.717) is 12.2 Å². The summed E-state index contributed by atoms with van der Waals surface area (Å²) in [5.41, 5.74) is 7.85. The number of ether oxygens (including phenoxy) is 1. The van der Waals surface area contributed by atoms with Crippen molar-refractivity contribution < 1.29 is 9.84 Å². The lowest BCUT2D eigenvalue weighted by molar-refractivity contribution is 0.131. The molecule has 1 aromatic carbocycles. The lowest BCUT2D eigenvalue weighted by atomic mass is 9.97. The van der Waals surface area contributed by atoms with Crippen LogP contribution in [0.5, 0.6) is 5.75 Å². The van der Waals surface area contributed by atoms with Gasteiger partial charge >= 0.3 is 0 Å². The molecule has 4 nitrogen and oxygen atoms in total. The van der Waals surface area contributed by atoms with E-state index in [1.54, 1.807) is 12.4 Å². The van der Waals surface area contributed by atoms with Crippen molar-refractivity contribution in [3.05, 3.63) is 59.9 Å². The molecule has 0 radical (unpaired) electrons. The van der Waals surface area contributed by atoms with Crippen LogP contribution in [-0.2, 0) is 0 Å². The standard InChI is InChI=1S/C15H16N2O2/c16-12-9-14(10-5-7-17-8-6-10)19-13-4-2-1-3-11(13)15(12)18/h1-8,12,14-15,18H,9,16H2. The summed E-state index contributed by atoms with van der Waals surface area (Å²) in [7, 11) is 0. The van der Waals surface area contributed by atoms with Crippen molar-refractivity contribution in [2.45, 2.75) is 24.7 Å². The second-order valence-corrected chi connectivity index (χ2v) is 4.77. The average molecular weight is 256 g/mol. The highest BCUT2D eigenvalue weighted by molar-refractivity contribution is 5.37. The Morgan fingerprint density at radius 1 is 1.16 bits per heavy atom. The Morgan fingerprint density at radius 3 is 2.68 bits per heavy atom. The average Bonchev–Trinajstić information content (AvgIpc) is 2.58. The maximum absolute atomic E-state index is 10.3. The number of aromatic nitrogens is 1. The molecule has 3 N–H and O–H groups in total. The second kappa shape index (κ2) is 4.99. The van der Waals surface area contributed by atoms with Gasteiger partial charge in [-0.25, -0.2) is 0 Å². The summed E-state index contributed by atoms with van der Waals surface area (Å²) in [4.78, 5) is 4.01. The number of hydrogen-bond donors (Lipinski definition) is 2. The monoisotopic (exact) mass is 256 g/mol. The first kappa shape index (κ1) is 12.1. The molecule has 0 spiro atoms. The first-order chi connectivity index (χ1) is 9.25. The molecular formula is C15H16N2O2. The van der Waals surface area contributed by atoms with Gasteiger partial charge in [-0.2, -0.15) is 0 Å². The minimum absolute atomic E-state index is 0.156. The molecule has 0 fully saturated rings. The maximum Gasteiger partial charge on any atom is 0.126 e. The summed E-state index contributed by atoms with van der Waals surface area (Å²) in [6.45, 7) is 0. The normalized spacial score (nSPS) is 26.1. The summed E-state index contributed by atoms with van der Waals surface area (Å²) in [6, 6.07) is 11.0. The Balaban J connectivity index is 1.99. The minimum Gasteiger partial charge on any atom is -0.485 e. The van der Waals surface area contributed by atoms with Crippen LogP contribution in [0.2, 0.25) is 0 Å². The maximum atomic E-state index is 10.3. The van der Waals surface area contributed by atoms with E-state index in [2.05, 4.69) is 4.98 Å². The van der Waals surface area contributed by atoms with Crippen molar-refractivity contribution in [3.63, 3.8) is 0 Å². The molecule has 19 heavy (non-hydrogen) atoms. The van der Waals surface area contributed by atoms with Gasteiger partial charge in [0.15, 0.2) is 0 Å². The van der Waals surface area contributed by atoms with Crippen LogP contribution in [0.4, 0.5) is 0 Å². The third-order valence-corrected chi connectivity index (χ3v) is 3.48. The van der Waals surface area contributed by atoms with Crippen molar-refractivity contribution in [2.75, 3.05) is 0 Å². The SMILES string of the molecule is NC1CC(c2ccncc2)Oc2ccccc2C1O. The summed E-state index contributed by atoms with van der Waals surface area (Å²) < 4.78 is 6.02. The molecule has 0 amide bonds. The molecule has 1 aromatic heterocycles. The molecule has 4 heteroatoms. The summed E-state index contributed by atoms with van der Waals surface area (Å²) in [6.07, 6.45) is 3.19. The van der Waals surface area contributed by atoms with Crippen LogP contribution < -0.4 is 10.5 Å². The number of para-hydroxylation sites is 1. The number of aliphatic hydroxyl groups excluding tert-OH is 1. The van der Waals surface area contributed by atoms with Gasteiger partial charge in [-0.3, -0.25) is 4.98 Å². The first-order valence-corrected chi connectivity index (χ1v) is 6.35. The van der Waals surface area contributed by atoms with Gasteiger partial charge in [-0.15, -0.1) is 0 Å². The van der Waals surface area contributed by atoms with Gasteiger partial charge in [0.05, 0.1) is 6.10 Å². The van der Waals surface area contributed by atoms with Crippen molar-refractivity contribution in [3.8, 4) is 5.75 Å². The van der Waals surface area contributed by atoms with Crippen LogP contribution in [-0.4, -0.2) is 16.1 Å². The summed E-state index contributed by atoms with van der Waals surface area (Å²) in [5, 5.41) is 10.3. The van der Waals surface area contributed by atoms with E-state index in [0.717, 1.165) is 11.1 Å². The third-order valence-electron chi connectivity index (χ3n) is 3.48. The quantitative estimate of drug-likeness (QED) is 0.818. The zero-order valence-corrected chi connectivity index (χ0v) is 10.4. The smallest absolute Gasteiger partial charge is 0.126 e. The fourth-order valence-corrected chi connectivity index (χ4v) is 2.42. The van der Waals surface area contributed by atoms with Crippen LogP contribution in [0.1, 0.15) is 29.8 Å². The van der Waals surface area contributed by atoms with Gasteiger partial charge in [0, 0.05) is 30.4 Å². The van der Waals surface area contributed by atoms with Gasteiger partial charge in [0.2, 0.25) is 0 Å². The number of hydrogen-bond acceptors (Lipinski definition) is 4. The number of fused-ring (bicyclic) bond motifs is 1. The lowest BCUT2D eigenvalue weighted by Crippen LogP contribution is -2.29. The fraction of sp³-hybridized carbons (Fsp3) is 0.267. The van der Waals surface area contributed by atoms with Gasteiger partial charge in [0.1, 0.15) is 11.9 Å². The van der Waals surface area contributed by atoms with Gasteiger partial charge in [-0.1, -0.05) is 18.2 Å². The number of nitrogens with two attached hydrogens (primary N) is 1. The van der Waals surface area contributed by atoms with E-state index in [1.165, 1.54) is 0 Å². The van der Waals surface area contributed by atoms with Gasteiger partial charge < -0.3 is 15.6 Å². The molecular weight excluding hydrogens is 240 g/mol. The lowest BCUT2D eigenvalue weighted by Gasteiger charge is -2.19. The Bertz CT molecular complexity index is 559. The van der Waals surface area contributed by atoms with Crippen LogP contribution in [0, 0.1) is 0 Å². The topological polar surface area (TPSA) is 68.4 Å². The molecule has 0 aliphatic carbocycles. The van der Waals surface area contributed by atoms with Crippen molar-refractivity contribution in [1.29, 1.82) is 0 Å². The number of pyridine rings is 1. The highest BCUT2D eigenvalue weighted by Gasteiger charge is 2.29. The van der Waals surface area contributed by atoms with E-state index < -0.39 is 6.10 Å². The predicted molar refractivity (Wildman–Crippen MR) is 71.6 cm³/mol. The number of aliphatic hydroxyl groups is 1. The van der Waals surface area contributed by atoms with Gasteiger partial charge in [0.25, 0.3) is 0 Å². The van der Waals surface area contributed by atoms with Crippen LogP contribution in [0.25, 0.3) is 0 Å². The Labute approximate surface area is 111 Å². The molecule has 3 rings (SSSR count). The highest BCUT2D eigenvalue weighted by atomic mass is 16.5. The third kappa shape index (κ3) is 2.32. The largest absolute Gasteiger partial charge is 0.485 e. The molecule has 0 saturated heterocycles. The Hall–Kier alpha value is -1.91. The first-order valence-electron chi connectivity index (χ1n) is 6.35. The summed E-state index contributed by atoms with van der Waals surface area (Å²) >= 11 is 0. The van der Waals surface area contributed by atoms with E-state index in [9.17, 15) is 5.11 Å². The van der Waals surface area contributed by atoms with E-state index in [4.69, 9.17) is 10.5 Å². The number of benzene rings is 1. The molecule has 0 bridgehead atoms. The van der Waals surface area contributed by atoms with Crippen LogP contribution >= 0.6 is 0 Å². The molecule has 0 saturated carbocycles. The molecule has 3 unspecified atom stereocenters. The zero-order valence-electron chi connectivity index (χ0n) is 10.4. The zero-order chi connectivity index (χ0) is 13.2. The Morgan fingerprint density at radius 2 is 1.89 bits per heavy atom. The van der Waals surface area contributed by atoms with Crippen molar-refractivity contribution in [2.24, 2.45) is 5.73 Å². The second-order valence-electron chi connectivity index (χ2n) is 4.77. The number of nitrogens with zero attached hydrogens (tertiary/aromatic N) is 1. The van der Waals surface area contributed by atoms with Gasteiger partial charge in [-0.05, 0) is 23.8 Å². The minimum atomic E-state index is -0.692. The molecule has 2 heterocycles. The number of rotatable bonds is 1. The molecule has 1 aliphatic heterocycles. The Kier molecular flexibility index (Phi) is 3.19. The van der Waals surface area contributed by atoms with Crippen LogP contribution in [0.15, 0.2) is 48.8 Å². The molecule has 3 atom stereocenters. The van der Waals surface area contributed by atoms with E-state index in [-0.39, 0.29) is 12.1 Å². The van der Waals surface area contributed by atoms with Crippen molar-refractivity contribution in [1.82, 2.24) is 4.98 Å². The molecule has 2 aromatic rings. The van der Waals surface area contributed by atoms with E-state index >= 15 is 0 Å². The molecule has 1 aliphatic rings.